The van der Waals surface area contributed by atoms with Gasteiger partial charge in [0.05, 0.1) is 12.0 Å². The Bertz CT molecular complexity index is 309. The molecule has 2 nitrogen and oxygen atoms in total. The third-order valence-electron chi connectivity index (χ3n) is 5.44. The topological polar surface area (TPSA) is 26.3 Å². The Morgan fingerprint density at radius 2 is 1.00 bits per heavy atom. The number of ether oxygens (including phenoxy) is 1. The van der Waals surface area contributed by atoms with Gasteiger partial charge in [0.25, 0.3) is 0 Å². The SMILES string of the molecule is CCCCCCCCCCOC(=O)C(C)(C)CCCCCCCCCC. The second kappa shape index (κ2) is 17.9. The molecular weight excluding hydrogens is 320 g/mol. The highest BCUT2D eigenvalue weighted by atomic mass is 16.5. The Hall–Kier alpha value is -0.530. The van der Waals surface area contributed by atoms with Crippen LogP contribution in [0.15, 0.2) is 0 Å². The highest BCUT2D eigenvalue weighted by molar-refractivity contribution is 5.75. The van der Waals surface area contributed by atoms with Crippen LogP contribution in [0.25, 0.3) is 0 Å². The first-order valence-electron chi connectivity index (χ1n) is 11.7. The molecule has 0 saturated carbocycles. The quantitative estimate of drug-likeness (QED) is 0.169. The van der Waals surface area contributed by atoms with E-state index in [1.165, 1.54) is 89.9 Å². The van der Waals surface area contributed by atoms with Gasteiger partial charge in [0.1, 0.15) is 0 Å². The molecule has 2 heteroatoms. The van der Waals surface area contributed by atoms with Crippen LogP contribution in [-0.4, -0.2) is 12.6 Å². The van der Waals surface area contributed by atoms with Crippen LogP contribution in [-0.2, 0) is 9.53 Å². The first-order valence-corrected chi connectivity index (χ1v) is 11.7. The Morgan fingerprint density at radius 3 is 1.46 bits per heavy atom. The van der Waals surface area contributed by atoms with Gasteiger partial charge < -0.3 is 4.74 Å². The van der Waals surface area contributed by atoms with Crippen LogP contribution in [0.4, 0.5) is 0 Å². The molecule has 0 N–H and O–H groups in total. The molecule has 0 saturated heterocycles. The van der Waals surface area contributed by atoms with Crippen LogP contribution >= 0.6 is 0 Å². The fraction of sp³-hybridized carbons (Fsp3) is 0.958. The van der Waals surface area contributed by atoms with Crippen molar-refractivity contribution in [3.63, 3.8) is 0 Å². The van der Waals surface area contributed by atoms with E-state index in [2.05, 4.69) is 13.8 Å². The fourth-order valence-corrected chi connectivity index (χ4v) is 3.40. The van der Waals surface area contributed by atoms with E-state index in [4.69, 9.17) is 4.74 Å². The van der Waals surface area contributed by atoms with Crippen molar-refractivity contribution in [2.75, 3.05) is 6.61 Å². The number of unbranched alkanes of at least 4 members (excludes halogenated alkanes) is 14. The lowest BCUT2D eigenvalue weighted by molar-refractivity contribution is -0.154. The van der Waals surface area contributed by atoms with E-state index in [1.807, 2.05) is 13.8 Å². The molecule has 0 aliphatic rings. The van der Waals surface area contributed by atoms with Gasteiger partial charge in [-0.05, 0) is 26.7 Å². The van der Waals surface area contributed by atoms with E-state index < -0.39 is 0 Å². The number of esters is 1. The molecule has 0 bridgehead atoms. The van der Waals surface area contributed by atoms with Crippen molar-refractivity contribution >= 4 is 5.97 Å². The summed E-state index contributed by atoms with van der Waals surface area (Å²) in [5.74, 6) is 0.00314. The van der Waals surface area contributed by atoms with Crippen molar-refractivity contribution in [2.45, 2.75) is 137 Å². The summed E-state index contributed by atoms with van der Waals surface area (Å²) in [5.41, 5.74) is -0.317. The molecule has 0 spiro atoms. The summed E-state index contributed by atoms with van der Waals surface area (Å²) in [6.45, 7) is 9.21. The number of rotatable bonds is 19. The molecule has 0 rings (SSSR count). The second-order valence-corrected chi connectivity index (χ2v) is 8.72. The zero-order valence-electron chi connectivity index (χ0n) is 18.5. The second-order valence-electron chi connectivity index (χ2n) is 8.72. The Balaban J connectivity index is 3.54. The average molecular weight is 369 g/mol. The molecule has 0 aromatic carbocycles. The lowest BCUT2D eigenvalue weighted by Crippen LogP contribution is -2.27. The van der Waals surface area contributed by atoms with Gasteiger partial charge in [0, 0.05) is 0 Å². The van der Waals surface area contributed by atoms with Gasteiger partial charge in [0.15, 0.2) is 0 Å². The third kappa shape index (κ3) is 15.7. The minimum absolute atomic E-state index is 0.00314. The summed E-state index contributed by atoms with van der Waals surface area (Å²) in [6.07, 6.45) is 21.7. The molecule has 0 aromatic heterocycles. The Kier molecular flexibility index (Phi) is 17.5. The van der Waals surface area contributed by atoms with Crippen LogP contribution in [0.2, 0.25) is 0 Å². The minimum Gasteiger partial charge on any atom is -0.465 e. The minimum atomic E-state index is -0.317. The predicted molar refractivity (Wildman–Crippen MR) is 115 cm³/mol. The molecular formula is C24H48O2. The average Bonchev–Trinajstić information content (AvgIpc) is 2.62. The van der Waals surface area contributed by atoms with Crippen molar-refractivity contribution in [2.24, 2.45) is 5.41 Å². The molecule has 0 atom stereocenters. The summed E-state index contributed by atoms with van der Waals surface area (Å²) in [6, 6.07) is 0. The highest BCUT2D eigenvalue weighted by Gasteiger charge is 2.28. The van der Waals surface area contributed by atoms with Crippen LogP contribution in [0, 0.1) is 5.41 Å². The molecule has 0 unspecified atom stereocenters. The summed E-state index contributed by atoms with van der Waals surface area (Å²) in [4.78, 5) is 12.3. The van der Waals surface area contributed by atoms with Gasteiger partial charge in [-0.15, -0.1) is 0 Å². The molecule has 0 aliphatic heterocycles. The van der Waals surface area contributed by atoms with Gasteiger partial charge in [-0.1, -0.05) is 110 Å². The summed E-state index contributed by atoms with van der Waals surface area (Å²) in [5, 5.41) is 0. The molecule has 0 radical (unpaired) electrons. The zero-order valence-corrected chi connectivity index (χ0v) is 18.5. The lowest BCUT2D eigenvalue weighted by Gasteiger charge is -2.22. The van der Waals surface area contributed by atoms with Crippen LogP contribution in [0.1, 0.15) is 137 Å². The molecule has 0 heterocycles. The van der Waals surface area contributed by atoms with E-state index in [1.54, 1.807) is 0 Å². The van der Waals surface area contributed by atoms with E-state index in [9.17, 15) is 4.79 Å². The smallest absolute Gasteiger partial charge is 0.311 e. The van der Waals surface area contributed by atoms with E-state index in [-0.39, 0.29) is 11.4 Å². The lowest BCUT2D eigenvalue weighted by atomic mass is 9.87. The molecule has 0 aliphatic carbocycles. The molecule has 26 heavy (non-hydrogen) atoms. The maximum absolute atomic E-state index is 12.3. The monoisotopic (exact) mass is 368 g/mol. The predicted octanol–water partition coefficient (Wildman–Crippen LogP) is 8.23. The van der Waals surface area contributed by atoms with E-state index >= 15 is 0 Å². The molecule has 0 amide bonds. The van der Waals surface area contributed by atoms with Gasteiger partial charge >= 0.3 is 5.97 Å². The first-order chi connectivity index (χ1) is 12.5. The molecule has 0 fully saturated rings. The maximum atomic E-state index is 12.3. The maximum Gasteiger partial charge on any atom is 0.311 e. The van der Waals surface area contributed by atoms with Crippen molar-refractivity contribution < 1.29 is 9.53 Å². The fourth-order valence-electron chi connectivity index (χ4n) is 3.40. The number of hydrogen-bond acceptors (Lipinski definition) is 2. The van der Waals surface area contributed by atoms with Crippen LogP contribution < -0.4 is 0 Å². The first kappa shape index (κ1) is 25.5. The van der Waals surface area contributed by atoms with Crippen LogP contribution in [0.5, 0.6) is 0 Å². The molecule has 0 aromatic rings. The standard InChI is InChI=1S/C24H48O2/c1-5-7-9-11-13-15-17-19-21-24(3,4)23(25)26-22-20-18-16-14-12-10-8-6-2/h5-22H2,1-4H3. The number of hydrogen-bond donors (Lipinski definition) is 0. The largest absolute Gasteiger partial charge is 0.465 e. The van der Waals surface area contributed by atoms with Crippen molar-refractivity contribution in [3.8, 4) is 0 Å². The Morgan fingerprint density at radius 1 is 0.615 bits per heavy atom. The normalized spacial score (nSPS) is 11.7. The van der Waals surface area contributed by atoms with Crippen molar-refractivity contribution in [1.29, 1.82) is 0 Å². The summed E-state index contributed by atoms with van der Waals surface area (Å²) < 4.78 is 5.54. The highest BCUT2D eigenvalue weighted by Crippen LogP contribution is 2.26. The van der Waals surface area contributed by atoms with Crippen molar-refractivity contribution in [1.82, 2.24) is 0 Å². The Labute approximate surface area is 164 Å². The number of carbonyl (C=O) groups excluding carboxylic acids is 1. The van der Waals surface area contributed by atoms with E-state index in [0.717, 1.165) is 19.3 Å². The van der Waals surface area contributed by atoms with Gasteiger partial charge in [-0.3, -0.25) is 4.79 Å². The third-order valence-corrected chi connectivity index (χ3v) is 5.44. The van der Waals surface area contributed by atoms with Crippen LogP contribution in [0.3, 0.4) is 0 Å². The molecule has 156 valence electrons. The van der Waals surface area contributed by atoms with Gasteiger partial charge in [-0.25, -0.2) is 0 Å². The number of carbonyl (C=O) groups is 1. The summed E-state index contributed by atoms with van der Waals surface area (Å²) >= 11 is 0. The van der Waals surface area contributed by atoms with Gasteiger partial charge in [0.2, 0.25) is 0 Å². The van der Waals surface area contributed by atoms with E-state index in [0.29, 0.717) is 6.61 Å². The summed E-state index contributed by atoms with van der Waals surface area (Å²) in [7, 11) is 0. The zero-order chi connectivity index (χ0) is 19.5. The van der Waals surface area contributed by atoms with Gasteiger partial charge in [-0.2, -0.15) is 0 Å². The van der Waals surface area contributed by atoms with Crippen molar-refractivity contribution in [3.05, 3.63) is 0 Å².